The smallest absolute Gasteiger partial charge is 0.270 e. The Morgan fingerprint density at radius 3 is 2.52 bits per heavy atom. The lowest BCUT2D eigenvalue weighted by Crippen LogP contribution is -2.27. The third-order valence-electron chi connectivity index (χ3n) is 3.33. The summed E-state index contributed by atoms with van der Waals surface area (Å²) < 4.78 is 32.6. The molecule has 0 saturated carbocycles. The molecule has 0 aliphatic carbocycles. The Morgan fingerprint density at radius 1 is 1.20 bits per heavy atom. The molecule has 2 N–H and O–H groups in total. The predicted molar refractivity (Wildman–Crippen MR) is 95.1 cm³/mol. The number of benzene rings is 1. The van der Waals surface area contributed by atoms with Gasteiger partial charge < -0.3 is 10.1 Å². The SMILES string of the molecule is COc1ccccc1[C@@H](C)NS(=O)(=O)c1nnc(NC(=O)C(C)C)s1. The lowest BCUT2D eigenvalue weighted by Gasteiger charge is -2.16. The van der Waals surface area contributed by atoms with Gasteiger partial charge in [-0.1, -0.05) is 43.4 Å². The Kier molecular flexibility index (Phi) is 6.09. The van der Waals surface area contributed by atoms with Gasteiger partial charge in [-0.05, 0) is 13.0 Å². The Labute approximate surface area is 150 Å². The number of hydrogen-bond donors (Lipinski definition) is 2. The largest absolute Gasteiger partial charge is 0.496 e. The molecule has 0 saturated heterocycles. The number of amides is 1. The first-order chi connectivity index (χ1) is 11.7. The van der Waals surface area contributed by atoms with Crippen molar-refractivity contribution in [3.8, 4) is 5.75 Å². The summed E-state index contributed by atoms with van der Waals surface area (Å²) in [5.41, 5.74) is 0.700. The molecule has 0 aliphatic heterocycles. The van der Waals surface area contributed by atoms with E-state index in [2.05, 4.69) is 20.2 Å². The quantitative estimate of drug-likeness (QED) is 0.708. The maximum absolute atomic E-state index is 12.5. The third kappa shape index (κ3) is 4.74. The monoisotopic (exact) mass is 384 g/mol. The van der Waals surface area contributed by atoms with Gasteiger partial charge in [0.25, 0.3) is 10.0 Å². The Balaban J connectivity index is 2.16. The highest BCUT2D eigenvalue weighted by molar-refractivity contribution is 7.91. The summed E-state index contributed by atoms with van der Waals surface area (Å²) in [6, 6.07) is 6.61. The number of nitrogens with one attached hydrogen (secondary N) is 2. The number of anilines is 1. The summed E-state index contributed by atoms with van der Waals surface area (Å²) in [7, 11) is -2.36. The van der Waals surface area contributed by atoms with E-state index in [-0.39, 0.29) is 21.3 Å². The minimum absolute atomic E-state index is 0.143. The molecule has 25 heavy (non-hydrogen) atoms. The van der Waals surface area contributed by atoms with Gasteiger partial charge in [-0.2, -0.15) is 0 Å². The van der Waals surface area contributed by atoms with Gasteiger partial charge in [0.2, 0.25) is 15.4 Å². The molecule has 1 atom stereocenters. The number of carbonyl (C=O) groups is 1. The van der Waals surface area contributed by atoms with Crippen LogP contribution in [-0.2, 0) is 14.8 Å². The molecule has 0 fully saturated rings. The van der Waals surface area contributed by atoms with Gasteiger partial charge in [-0.15, -0.1) is 10.2 Å². The van der Waals surface area contributed by atoms with Crippen molar-refractivity contribution in [2.45, 2.75) is 31.2 Å². The van der Waals surface area contributed by atoms with E-state index in [1.807, 2.05) is 0 Å². The Morgan fingerprint density at radius 2 is 1.88 bits per heavy atom. The average molecular weight is 384 g/mol. The van der Waals surface area contributed by atoms with E-state index in [1.54, 1.807) is 45.0 Å². The molecular formula is C15H20N4O4S2. The number of carbonyl (C=O) groups excluding carboxylic acids is 1. The van der Waals surface area contributed by atoms with Gasteiger partial charge in [-0.3, -0.25) is 4.79 Å². The maximum Gasteiger partial charge on any atom is 0.270 e. The molecule has 10 heteroatoms. The highest BCUT2D eigenvalue weighted by atomic mass is 32.2. The highest BCUT2D eigenvalue weighted by Crippen LogP contribution is 2.27. The second-order valence-electron chi connectivity index (χ2n) is 5.60. The van der Waals surface area contributed by atoms with Crippen molar-refractivity contribution in [3.63, 3.8) is 0 Å². The highest BCUT2D eigenvalue weighted by Gasteiger charge is 2.25. The second-order valence-corrected chi connectivity index (χ2v) is 8.47. The lowest BCUT2D eigenvalue weighted by atomic mass is 10.1. The first-order valence-electron chi connectivity index (χ1n) is 7.54. The fourth-order valence-electron chi connectivity index (χ4n) is 1.99. The van der Waals surface area contributed by atoms with Crippen molar-refractivity contribution >= 4 is 32.4 Å². The van der Waals surface area contributed by atoms with E-state index in [9.17, 15) is 13.2 Å². The van der Waals surface area contributed by atoms with Crippen LogP contribution in [0.3, 0.4) is 0 Å². The molecule has 2 rings (SSSR count). The van der Waals surface area contributed by atoms with E-state index < -0.39 is 16.1 Å². The molecule has 0 unspecified atom stereocenters. The fourth-order valence-corrected chi connectivity index (χ4v) is 4.13. The molecule has 0 spiro atoms. The van der Waals surface area contributed by atoms with Crippen molar-refractivity contribution < 1.29 is 17.9 Å². The number of rotatable bonds is 7. The first-order valence-corrected chi connectivity index (χ1v) is 9.84. The molecule has 1 amide bonds. The predicted octanol–water partition coefficient (Wildman–Crippen LogP) is 2.18. The number of sulfonamides is 1. The zero-order valence-electron chi connectivity index (χ0n) is 14.3. The normalized spacial score (nSPS) is 12.8. The third-order valence-corrected chi connectivity index (χ3v) is 6.08. The standard InChI is InChI=1S/C15H20N4O4S2/c1-9(2)13(20)16-14-17-18-15(24-14)25(21,22)19-10(3)11-7-5-6-8-12(11)23-4/h5-10,19H,1-4H3,(H,16,17,20)/t10-/m1/s1. The summed E-state index contributed by atoms with van der Waals surface area (Å²) in [6.07, 6.45) is 0. The van der Waals surface area contributed by atoms with Gasteiger partial charge in [-0.25, -0.2) is 13.1 Å². The maximum atomic E-state index is 12.5. The number of para-hydroxylation sites is 1. The summed E-state index contributed by atoms with van der Waals surface area (Å²) in [5, 5.41) is 10.0. The topological polar surface area (TPSA) is 110 Å². The Bertz CT molecular complexity index is 849. The van der Waals surface area contributed by atoms with E-state index in [0.29, 0.717) is 11.3 Å². The zero-order chi connectivity index (χ0) is 18.6. The van der Waals surface area contributed by atoms with Crippen LogP contribution in [0.2, 0.25) is 0 Å². The van der Waals surface area contributed by atoms with Crippen LogP contribution in [0.5, 0.6) is 5.75 Å². The molecule has 0 radical (unpaired) electrons. The molecular weight excluding hydrogens is 364 g/mol. The molecule has 8 nitrogen and oxygen atoms in total. The number of ether oxygens (including phenoxy) is 1. The minimum atomic E-state index is -3.88. The van der Waals surface area contributed by atoms with Gasteiger partial charge in [0, 0.05) is 17.5 Å². The van der Waals surface area contributed by atoms with Gasteiger partial charge in [0.1, 0.15) is 5.75 Å². The zero-order valence-corrected chi connectivity index (χ0v) is 15.9. The second kappa shape index (κ2) is 7.89. The summed E-state index contributed by atoms with van der Waals surface area (Å²) in [4.78, 5) is 11.7. The molecule has 0 aliphatic rings. The molecule has 136 valence electrons. The van der Waals surface area contributed by atoms with E-state index >= 15 is 0 Å². The van der Waals surface area contributed by atoms with Crippen LogP contribution in [0.25, 0.3) is 0 Å². The van der Waals surface area contributed by atoms with Crippen LogP contribution in [-0.4, -0.2) is 31.6 Å². The number of nitrogens with zero attached hydrogens (tertiary/aromatic N) is 2. The van der Waals surface area contributed by atoms with Gasteiger partial charge in [0.05, 0.1) is 7.11 Å². The van der Waals surface area contributed by atoms with Crippen LogP contribution < -0.4 is 14.8 Å². The van der Waals surface area contributed by atoms with E-state index in [0.717, 1.165) is 11.3 Å². The fraction of sp³-hybridized carbons (Fsp3) is 0.400. The van der Waals surface area contributed by atoms with Crippen LogP contribution in [0.15, 0.2) is 28.6 Å². The Hall–Kier alpha value is -2.04. The van der Waals surface area contributed by atoms with Crippen molar-refractivity contribution in [1.82, 2.24) is 14.9 Å². The summed E-state index contributed by atoms with van der Waals surface area (Å²) >= 11 is 0.797. The summed E-state index contributed by atoms with van der Waals surface area (Å²) in [6.45, 7) is 5.16. The van der Waals surface area contributed by atoms with Gasteiger partial charge >= 0.3 is 0 Å². The number of hydrogen-bond acceptors (Lipinski definition) is 7. The van der Waals surface area contributed by atoms with Crippen LogP contribution >= 0.6 is 11.3 Å². The molecule has 2 aromatic rings. The van der Waals surface area contributed by atoms with Crippen LogP contribution in [0.4, 0.5) is 5.13 Å². The van der Waals surface area contributed by atoms with Crippen molar-refractivity contribution in [1.29, 1.82) is 0 Å². The van der Waals surface area contributed by atoms with Crippen LogP contribution in [0, 0.1) is 5.92 Å². The van der Waals surface area contributed by atoms with E-state index in [4.69, 9.17) is 4.74 Å². The van der Waals surface area contributed by atoms with E-state index in [1.165, 1.54) is 7.11 Å². The van der Waals surface area contributed by atoms with Crippen molar-refractivity contribution in [3.05, 3.63) is 29.8 Å². The number of methoxy groups -OCH3 is 1. The number of aromatic nitrogens is 2. The lowest BCUT2D eigenvalue weighted by molar-refractivity contribution is -0.118. The minimum Gasteiger partial charge on any atom is -0.496 e. The van der Waals surface area contributed by atoms with Gasteiger partial charge in [0.15, 0.2) is 0 Å². The average Bonchev–Trinajstić information content (AvgIpc) is 3.03. The summed E-state index contributed by atoms with van der Waals surface area (Å²) in [5.74, 6) is 0.0861. The first kappa shape index (κ1) is 19.3. The van der Waals surface area contributed by atoms with Crippen LogP contribution in [0.1, 0.15) is 32.4 Å². The van der Waals surface area contributed by atoms with Crippen molar-refractivity contribution in [2.75, 3.05) is 12.4 Å². The molecule has 1 aromatic heterocycles. The molecule has 1 aromatic carbocycles. The molecule has 0 bridgehead atoms. The van der Waals surface area contributed by atoms with Crippen molar-refractivity contribution in [2.24, 2.45) is 5.92 Å². The molecule has 1 heterocycles.